The average Bonchev–Trinajstić information content (AvgIpc) is 3.59. The van der Waals surface area contributed by atoms with Gasteiger partial charge < -0.3 is 19.9 Å². The highest BCUT2D eigenvalue weighted by atomic mass is 19.1. The average molecular weight is 480 g/mol. The molecule has 3 aromatic rings. The second-order valence-electron chi connectivity index (χ2n) is 9.67. The van der Waals surface area contributed by atoms with Crippen molar-refractivity contribution in [2.75, 3.05) is 19.7 Å². The molecule has 2 fully saturated rings. The molecule has 1 saturated carbocycles. The molecule has 2 amide bonds. The number of benzene rings is 1. The molecule has 0 radical (unpaired) electrons. The van der Waals surface area contributed by atoms with E-state index < -0.39 is 18.1 Å². The number of aryl methyl sites for hydroxylation is 2. The molecule has 2 aromatic heterocycles. The van der Waals surface area contributed by atoms with E-state index in [-0.39, 0.29) is 12.5 Å². The fourth-order valence-corrected chi connectivity index (χ4v) is 4.64. The van der Waals surface area contributed by atoms with E-state index in [1.165, 1.54) is 31.0 Å². The summed E-state index contributed by atoms with van der Waals surface area (Å²) in [5, 5.41) is 2.83. The summed E-state index contributed by atoms with van der Waals surface area (Å²) in [5.41, 5.74) is 4.69. The van der Waals surface area contributed by atoms with Crippen LogP contribution in [0.1, 0.15) is 47.8 Å². The number of hydrogen-bond donors (Lipinski definition) is 2. The normalized spacial score (nSPS) is 20.2. The van der Waals surface area contributed by atoms with E-state index in [2.05, 4.69) is 20.3 Å². The van der Waals surface area contributed by atoms with Crippen LogP contribution >= 0.6 is 0 Å². The second kappa shape index (κ2) is 9.28. The van der Waals surface area contributed by atoms with Gasteiger partial charge in [-0.3, -0.25) is 9.59 Å². The number of nitrogens with zero attached hydrogens (tertiary/aromatic N) is 3. The predicted molar refractivity (Wildman–Crippen MR) is 130 cm³/mol. The number of carbonyl (C=O) groups excluding carboxylic acids is 2. The molecule has 9 heteroatoms. The van der Waals surface area contributed by atoms with Crippen molar-refractivity contribution in [2.45, 2.75) is 52.2 Å². The van der Waals surface area contributed by atoms with Gasteiger partial charge in [0.25, 0.3) is 5.91 Å². The first kappa shape index (κ1) is 23.3. The first-order valence-corrected chi connectivity index (χ1v) is 12.1. The van der Waals surface area contributed by atoms with Crippen molar-refractivity contribution in [2.24, 2.45) is 5.92 Å². The number of rotatable bonds is 6. The molecule has 3 heterocycles. The third-order valence-corrected chi connectivity index (χ3v) is 6.86. The number of likely N-dealkylation sites (tertiary alicyclic amines) is 1. The number of amides is 2. The maximum atomic E-state index is 14.7. The van der Waals surface area contributed by atoms with E-state index >= 15 is 0 Å². The van der Waals surface area contributed by atoms with E-state index in [1.54, 1.807) is 6.92 Å². The summed E-state index contributed by atoms with van der Waals surface area (Å²) in [6.45, 7) is 6.30. The van der Waals surface area contributed by atoms with Gasteiger partial charge in [-0.1, -0.05) is 11.6 Å². The number of alkyl halides is 1. The summed E-state index contributed by atoms with van der Waals surface area (Å²) < 4.78 is 20.8. The third kappa shape index (κ3) is 4.72. The third-order valence-electron chi connectivity index (χ3n) is 6.86. The number of ether oxygens (including phenoxy) is 1. The van der Waals surface area contributed by atoms with Crippen molar-refractivity contribution in [1.82, 2.24) is 25.2 Å². The van der Waals surface area contributed by atoms with Gasteiger partial charge in [-0.2, -0.15) is 0 Å². The summed E-state index contributed by atoms with van der Waals surface area (Å²) >= 11 is 0. The molecule has 0 bridgehead atoms. The quantitative estimate of drug-likeness (QED) is 0.561. The lowest BCUT2D eigenvalue weighted by atomic mass is 10.0. The number of hydrogen-bond acceptors (Lipinski definition) is 5. The molecule has 1 saturated heterocycles. The molecule has 0 spiro atoms. The lowest BCUT2D eigenvalue weighted by Crippen LogP contribution is -2.53. The Morgan fingerprint density at radius 2 is 2.03 bits per heavy atom. The Bertz CT molecular complexity index is 1290. The van der Waals surface area contributed by atoms with E-state index in [4.69, 9.17) is 4.74 Å². The minimum absolute atomic E-state index is 0.0174. The van der Waals surface area contributed by atoms with Gasteiger partial charge in [-0.25, -0.2) is 14.4 Å². The van der Waals surface area contributed by atoms with Crippen LogP contribution in [0.3, 0.4) is 0 Å². The van der Waals surface area contributed by atoms with Gasteiger partial charge in [0.15, 0.2) is 0 Å². The monoisotopic (exact) mass is 479 g/mol. The standard InChI is InChI=1S/C26H30FN5O3/c1-14-4-7-21(35-12-17-5-6-17)18(10-14)23-25-24(29-13-28-23)22(15(2)30-25)26(34)31-20-8-9-32(16(3)33)11-19(20)27/h4,7,10,13,17,19-20,30H,5-6,8-9,11-12H2,1-3H3,(H,31,34)/t19-,20-/m0/s1. The van der Waals surface area contributed by atoms with Crippen LogP contribution in [0, 0.1) is 19.8 Å². The molecule has 184 valence electrons. The Balaban J connectivity index is 1.45. The molecule has 2 N–H and O–H groups in total. The fourth-order valence-electron chi connectivity index (χ4n) is 4.64. The summed E-state index contributed by atoms with van der Waals surface area (Å²) in [4.78, 5) is 38.5. The van der Waals surface area contributed by atoms with Crippen LogP contribution in [0.4, 0.5) is 4.39 Å². The SMILES string of the molecule is CC(=O)N1CC[C@H](NC(=O)c2c(C)[nH]c3c(-c4cc(C)ccc4OCC4CC4)ncnc23)[C@@H](F)C1. The van der Waals surface area contributed by atoms with E-state index in [0.29, 0.717) is 53.5 Å². The lowest BCUT2D eigenvalue weighted by molar-refractivity contribution is -0.131. The van der Waals surface area contributed by atoms with Crippen molar-refractivity contribution in [3.63, 3.8) is 0 Å². The lowest BCUT2D eigenvalue weighted by Gasteiger charge is -2.34. The fraction of sp³-hybridized carbons (Fsp3) is 0.462. The molecular weight excluding hydrogens is 449 g/mol. The van der Waals surface area contributed by atoms with Gasteiger partial charge >= 0.3 is 0 Å². The Morgan fingerprint density at radius 1 is 1.23 bits per heavy atom. The van der Waals surface area contributed by atoms with Gasteiger partial charge in [0.1, 0.15) is 29.5 Å². The van der Waals surface area contributed by atoms with Gasteiger partial charge in [0.2, 0.25) is 5.91 Å². The van der Waals surface area contributed by atoms with Crippen molar-refractivity contribution in [3.8, 4) is 17.0 Å². The molecule has 1 aliphatic carbocycles. The molecule has 1 aromatic carbocycles. The van der Waals surface area contributed by atoms with Crippen LogP contribution in [-0.4, -0.2) is 63.6 Å². The molecule has 8 nitrogen and oxygen atoms in total. The first-order chi connectivity index (χ1) is 16.8. The highest BCUT2D eigenvalue weighted by molar-refractivity contribution is 6.09. The summed E-state index contributed by atoms with van der Waals surface area (Å²) in [7, 11) is 0. The number of aromatic amines is 1. The van der Waals surface area contributed by atoms with Crippen molar-refractivity contribution in [3.05, 3.63) is 41.3 Å². The minimum Gasteiger partial charge on any atom is -0.493 e. The molecular formula is C26H30FN5O3. The van der Waals surface area contributed by atoms with Crippen LogP contribution < -0.4 is 10.1 Å². The van der Waals surface area contributed by atoms with Crippen LogP contribution in [0.5, 0.6) is 5.75 Å². The van der Waals surface area contributed by atoms with Crippen LogP contribution in [-0.2, 0) is 4.79 Å². The van der Waals surface area contributed by atoms with Crippen molar-refractivity contribution in [1.29, 1.82) is 0 Å². The highest BCUT2D eigenvalue weighted by Gasteiger charge is 2.33. The molecule has 5 rings (SSSR count). The topological polar surface area (TPSA) is 100 Å². The first-order valence-electron chi connectivity index (χ1n) is 12.1. The zero-order valence-corrected chi connectivity index (χ0v) is 20.2. The van der Waals surface area contributed by atoms with Crippen LogP contribution in [0.15, 0.2) is 24.5 Å². The summed E-state index contributed by atoms with van der Waals surface area (Å²) in [6.07, 6.45) is 2.87. The zero-order valence-electron chi connectivity index (χ0n) is 20.2. The number of carbonyl (C=O) groups is 2. The van der Waals surface area contributed by atoms with E-state index in [1.807, 2.05) is 25.1 Å². The van der Waals surface area contributed by atoms with Crippen LogP contribution in [0.2, 0.25) is 0 Å². The van der Waals surface area contributed by atoms with Gasteiger partial charge in [0, 0.05) is 24.7 Å². The maximum Gasteiger partial charge on any atom is 0.255 e. The Kier molecular flexibility index (Phi) is 6.17. The maximum absolute atomic E-state index is 14.7. The van der Waals surface area contributed by atoms with Crippen molar-refractivity contribution < 1.29 is 18.7 Å². The van der Waals surface area contributed by atoms with Crippen molar-refractivity contribution >= 4 is 22.8 Å². The Morgan fingerprint density at radius 3 is 2.74 bits per heavy atom. The molecule has 2 aliphatic rings. The number of aromatic nitrogens is 3. The Labute approximate surface area is 203 Å². The van der Waals surface area contributed by atoms with Gasteiger partial charge in [0.05, 0.1) is 30.3 Å². The number of nitrogens with one attached hydrogen (secondary N) is 2. The van der Waals surface area contributed by atoms with Crippen LogP contribution in [0.25, 0.3) is 22.3 Å². The highest BCUT2D eigenvalue weighted by Crippen LogP contribution is 2.37. The smallest absolute Gasteiger partial charge is 0.255 e. The van der Waals surface area contributed by atoms with Gasteiger partial charge in [-0.05, 0) is 51.2 Å². The van der Waals surface area contributed by atoms with E-state index in [9.17, 15) is 14.0 Å². The predicted octanol–water partition coefficient (Wildman–Crippen LogP) is 3.72. The second-order valence-corrected chi connectivity index (χ2v) is 9.67. The molecule has 0 unspecified atom stereocenters. The largest absolute Gasteiger partial charge is 0.493 e. The molecule has 35 heavy (non-hydrogen) atoms. The minimum atomic E-state index is -1.33. The summed E-state index contributed by atoms with van der Waals surface area (Å²) in [6, 6.07) is 5.33. The number of halogens is 1. The van der Waals surface area contributed by atoms with Gasteiger partial charge in [-0.15, -0.1) is 0 Å². The zero-order chi connectivity index (χ0) is 24.7. The number of H-pyrrole nitrogens is 1. The van der Waals surface area contributed by atoms with E-state index in [0.717, 1.165) is 16.9 Å². The summed E-state index contributed by atoms with van der Waals surface area (Å²) in [5.74, 6) is 0.806. The Hall–Kier alpha value is -3.49. The molecule has 1 aliphatic heterocycles. The molecule has 2 atom stereocenters. The number of fused-ring (bicyclic) bond motifs is 1. The number of piperidine rings is 1.